The molecule has 0 amide bonds. The van der Waals surface area contributed by atoms with E-state index in [-0.39, 0.29) is 5.54 Å². The summed E-state index contributed by atoms with van der Waals surface area (Å²) in [5.74, 6) is 1.09. The van der Waals surface area contributed by atoms with Gasteiger partial charge < -0.3 is 10.5 Å². The van der Waals surface area contributed by atoms with E-state index in [0.717, 1.165) is 25.0 Å². The fourth-order valence-electron chi connectivity index (χ4n) is 2.43. The molecule has 2 heteroatoms. The summed E-state index contributed by atoms with van der Waals surface area (Å²) in [6.45, 7) is 4.24. The highest BCUT2D eigenvalue weighted by molar-refractivity contribution is 5.49. The predicted molar refractivity (Wildman–Crippen MR) is 60.1 cm³/mol. The van der Waals surface area contributed by atoms with Crippen LogP contribution in [0.2, 0.25) is 0 Å². The molecule has 1 aromatic rings. The normalized spacial score (nSPS) is 25.9. The van der Waals surface area contributed by atoms with E-state index in [2.05, 4.69) is 26.0 Å². The molecule has 2 N–H and O–H groups in total. The quantitative estimate of drug-likeness (QED) is 0.760. The molecule has 2 aliphatic rings. The first-order valence-electron chi connectivity index (χ1n) is 5.68. The fraction of sp³-hybridized carbons (Fsp3) is 0.538. The summed E-state index contributed by atoms with van der Waals surface area (Å²) in [6.07, 6.45) is 3.60. The highest BCUT2D eigenvalue weighted by Crippen LogP contribution is 2.45. The van der Waals surface area contributed by atoms with Crippen LogP contribution in [-0.4, -0.2) is 6.10 Å². The van der Waals surface area contributed by atoms with Crippen molar-refractivity contribution < 1.29 is 4.74 Å². The SMILES string of the molecule is Cc1cc(C2(N)CC2)cc2c1OC(C)C2. The molecule has 1 heterocycles. The molecular formula is C13H17NO. The number of nitrogens with two attached hydrogens (primary N) is 1. The number of rotatable bonds is 1. The van der Waals surface area contributed by atoms with Gasteiger partial charge in [0.05, 0.1) is 0 Å². The second-order valence-electron chi connectivity index (χ2n) is 5.07. The maximum Gasteiger partial charge on any atom is 0.125 e. The van der Waals surface area contributed by atoms with E-state index in [1.807, 2.05) is 0 Å². The Morgan fingerprint density at radius 1 is 1.40 bits per heavy atom. The molecule has 1 atom stereocenters. The van der Waals surface area contributed by atoms with Gasteiger partial charge in [0.25, 0.3) is 0 Å². The highest BCUT2D eigenvalue weighted by Gasteiger charge is 2.41. The van der Waals surface area contributed by atoms with Crippen LogP contribution in [0, 0.1) is 6.92 Å². The Morgan fingerprint density at radius 2 is 2.13 bits per heavy atom. The van der Waals surface area contributed by atoms with Crippen molar-refractivity contribution in [3.63, 3.8) is 0 Å². The van der Waals surface area contributed by atoms with Gasteiger partial charge in [-0.2, -0.15) is 0 Å². The fourth-order valence-corrected chi connectivity index (χ4v) is 2.43. The molecule has 0 saturated heterocycles. The molecule has 0 radical (unpaired) electrons. The third-order valence-electron chi connectivity index (χ3n) is 3.54. The standard InChI is InChI=1S/C13H17NO/c1-8-5-11(13(14)3-4-13)7-10-6-9(2)15-12(8)10/h5,7,9H,3-4,6,14H2,1-2H3. The third-order valence-corrected chi connectivity index (χ3v) is 3.54. The van der Waals surface area contributed by atoms with Crippen LogP contribution in [0.3, 0.4) is 0 Å². The van der Waals surface area contributed by atoms with Crippen molar-refractivity contribution in [1.29, 1.82) is 0 Å². The van der Waals surface area contributed by atoms with Crippen molar-refractivity contribution in [3.05, 3.63) is 28.8 Å². The molecule has 15 heavy (non-hydrogen) atoms. The van der Waals surface area contributed by atoms with Gasteiger partial charge in [0.2, 0.25) is 0 Å². The lowest BCUT2D eigenvalue weighted by molar-refractivity contribution is 0.253. The maximum atomic E-state index is 6.22. The van der Waals surface area contributed by atoms with Crippen molar-refractivity contribution in [3.8, 4) is 5.75 Å². The van der Waals surface area contributed by atoms with Crippen LogP contribution in [-0.2, 0) is 12.0 Å². The summed E-state index contributed by atoms with van der Waals surface area (Å²) in [5, 5.41) is 0. The minimum Gasteiger partial charge on any atom is -0.490 e. The molecule has 3 rings (SSSR count). The molecule has 1 aromatic carbocycles. The number of fused-ring (bicyclic) bond motifs is 1. The number of benzene rings is 1. The van der Waals surface area contributed by atoms with Gasteiger partial charge in [0, 0.05) is 12.0 Å². The Hall–Kier alpha value is -1.02. The molecule has 1 unspecified atom stereocenters. The second kappa shape index (κ2) is 2.76. The zero-order valence-corrected chi connectivity index (χ0v) is 9.34. The van der Waals surface area contributed by atoms with Crippen molar-refractivity contribution in [2.45, 2.75) is 44.8 Å². The number of ether oxygens (including phenoxy) is 1. The summed E-state index contributed by atoms with van der Waals surface area (Å²) < 4.78 is 5.78. The van der Waals surface area contributed by atoms with Crippen LogP contribution in [0.1, 0.15) is 36.5 Å². The predicted octanol–water partition coefficient (Wildman–Crippen LogP) is 2.27. The Labute approximate surface area is 90.4 Å². The van der Waals surface area contributed by atoms with Gasteiger partial charge in [0.15, 0.2) is 0 Å². The van der Waals surface area contributed by atoms with E-state index in [1.54, 1.807) is 0 Å². The van der Waals surface area contributed by atoms with Gasteiger partial charge in [0.1, 0.15) is 11.9 Å². The van der Waals surface area contributed by atoms with Crippen molar-refractivity contribution in [2.75, 3.05) is 0 Å². The van der Waals surface area contributed by atoms with Crippen LogP contribution in [0.5, 0.6) is 5.75 Å². The molecule has 2 nitrogen and oxygen atoms in total. The minimum absolute atomic E-state index is 0.0222. The zero-order valence-electron chi connectivity index (χ0n) is 9.34. The molecule has 0 spiro atoms. The van der Waals surface area contributed by atoms with Gasteiger partial charge in [-0.3, -0.25) is 0 Å². The lowest BCUT2D eigenvalue weighted by Crippen LogP contribution is -2.18. The van der Waals surface area contributed by atoms with Crippen LogP contribution in [0.15, 0.2) is 12.1 Å². The van der Waals surface area contributed by atoms with Crippen LogP contribution in [0.25, 0.3) is 0 Å². The zero-order chi connectivity index (χ0) is 10.6. The highest BCUT2D eigenvalue weighted by atomic mass is 16.5. The summed E-state index contributed by atoms with van der Waals surface area (Å²) in [4.78, 5) is 0. The van der Waals surface area contributed by atoms with E-state index in [4.69, 9.17) is 10.5 Å². The number of aryl methyl sites for hydroxylation is 1. The molecule has 80 valence electrons. The molecule has 1 aliphatic heterocycles. The van der Waals surface area contributed by atoms with Gasteiger partial charge in [-0.25, -0.2) is 0 Å². The largest absolute Gasteiger partial charge is 0.490 e. The summed E-state index contributed by atoms with van der Waals surface area (Å²) in [7, 11) is 0. The average Bonchev–Trinajstić information content (AvgIpc) is 2.79. The topological polar surface area (TPSA) is 35.2 Å². The molecule has 0 bridgehead atoms. The van der Waals surface area contributed by atoms with E-state index in [1.165, 1.54) is 16.7 Å². The smallest absolute Gasteiger partial charge is 0.125 e. The lowest BCUT2D eigenvalue weighted by atomic mass is 9.98. The summed E-state index contributed by atoms with van der Waals surface area (Å²) in [5.41, 5.74) is 10.1. The number of hydrogen-bond acceptors (Lipinski definition) is 2. The Morgan fingerprint density at radius 3 is 2.80 bits per heavy atom. The molecule has 1 aliphatic carbocycles. The first-order chi connectivity index (χ1) is 7.08. The lowest BCUT2D eigenvalue weighted by Gasteiger charge is -2.13. The second-order valence-corrected chi connectivity index (χ2v) is 5.07. The van der Waals surface area contributed by atoms with Gasteiger partial charge in [-0.05, 0) is 43.4 Å². The van der Waals surface area contributed by atoms with Gasteiger partial charge in [-0.15, -0.1) is 0 Å². The van der Waals surface area contributed by atoms with E-state index in [0.29, 0.717) is 6.10 Å². The van der Waals surface area contributed by atoms with Crippen LogP contribution < -0.4 is 10.5 Å². The summed E-state index contributed by atoms with van der Waals surface area (Å²) in [6, 6.07) is 4.45. The Kier molecular flexibility index (Phi) is 1.70. The Balaban J connectivity index is 2.08. The minimum atomic E-state index is -0.0222. The van der Waals surface area contributed by atoms with Crippen molar-refractivity contribution in [1.82, 2.24) is 0 Å². The molecule has 1 saturated carbocycles. The molecular weight excluding hydrogens is 186 g/mol. The van der Waals surface area contributed by atoms with Gasteiger partial charge >= 0.3 is 0 Å². The maximum absolute atomic E-state index is 6.22. The van der Waals surface area contributed by atoms with E-state index in [9.17, 15) is 0 Å². The molecule has 0 aromatic heterocycles. The first kappa shape index (κ1) is 9.22. The Bertz CT molecular complexity index is 421. The van der Waals surface area contributed by atoms with E-state index >= 15 is 0 Å². The van der Waals surface area contributed by atoms with Crippen molar-refractivity contribution in [2.24, 2.45) is 5.73 Å². The average molecular weight is 203 g/mol. The van der Waals surface area contributed by atoms with Crippen LogP contribution >= 0.6 is 0 Å². The third kappa shape index (κ3) is 1.36. The van der Waals surface area contributed by atoms with Crippen molar-refractivity contribution >= 4 is 0 Å². The molecule has 1 fully saturated rings. The summed E-state index contributed by atoms with van der Waals surface area (Å²) >= 11 is 0. The monoisotopic (exact) mass is 203 g/mol. The number of hydrogen-bond donors (Lipinski definition) is 1. The first-order valence-corrected chi connectivity index (χ1v) is 5.68. The van der Waals surface area contributed by atoms with Gasteiger partial charge in [-0.1, -0.05) is 12.1 Å². The van der Waals surface area contributed by atoms with E-state index < -0.39 is 0 Å². The van der Waals surface area contributed by atoms with Crippen LogP contribution in [0.4, 0.5) is 0 Å².